The summed E-state index contributed by atoms with van der Waals surface area (Å²) in [5.41, 5.74) is 2.04. The molecule has 0 saturated carbocycles. The minimum atomic E-state index is -3.95. The topological polar surface area (TPSA) is 125 Å². The van der Waals surface area contributed by atoms with E-state index < -0.39 is 10.0 Å². The second-order valence-electron chi connectivity index (χ2n) is 8.06. The quantitative estimate of drug-likeness (QED) is 0.459. The molecular weight excluding hydrogens is 470 g/mol. The number of ether oxygens (including phenoxy) is 1. The molecule has 10 nitrogen and oxygen atoms in total. The molecule has 1 saturated heterocycles. The van der Waals surface area contributed by atoms with Crippen LogP contribution in [0.1, 0.15) is 34.7 Å². The minimum absolute atomic E-state index is 0.0158. The molecule has 1 aliphatic rings. The van der Waals surface area contributed by atoms with Gasteiger partial charge in [0.1, 0.15) is 5.75 Å². The van der Waals surface area contributed by atoms with Gasteiger partial charge in [-0.15, -0.1) is 0 Å². The van der Waals surface area contributed by atoms with Crippen molar-refractivity contribution in [2.75, 3.05) is 42.4 Å². The highest BCUT2D eigenvalue weighted by atomic mass is 32.2. The van der Waals surface area contributed by atoms with E-state index in [1.54, 1.807) is 41.3 Å². The number of amides is 1. The number of carbonyl (C=O) groups excluding carboxylic acids is 2. The maximum atomic E-state index is 12.9. The van der Waals surface area contributed by atoms with Gasteiger partial charge in [0.05, 0.1) is 6.61 Å². The number of piperazine rings is 1. The normalized spacial score (nSPS) is 14.0. The first-order valence-corrected chi connectivity index (χ1v) is 12.7. The molecule has 35 heavy (non-hydrogen) atoms. The van der Waals surface area contributed by atoms with E-state index in [1.165, 1.54) is 13.0 Å². The van der Waals surface area contributed by atoms with Crippen molar-refractivity contribution in [1.82, 2.24) is 15.1 Å². The van der Waals surface area contributed by atoms with Gasteiger partial charge in [0, 0.05) is 49.2 Å². The molecular formula is C24H27N5O5S. The lowest BCUT2D eigenvalue weighted by Crippen LogP contribution is -2.48. The summed E-state index contributed by atoms with van der Waals surface area (Å²) in [4.78, 5) is 28.2. The number of hydrogen-bond donors (Lipinski definition) is 2. The number of anilines is 2. The fraction of sp³-hybridized carbons (Fsp3) is 0.292. The smallest absolute Gasteiger partial charge is 0.278 e. The van der Waals surface area contributed by atoms with E-state index in [0.717, 1.165) is 5.69 Å². The zero-order valence-electron chi connectivity index (χ0n) is 19.5. The fourth-order valence-corrected chi connectivity index (χ4v) is 4.77. The molecule has 1 aliphatic heterocycles. The highest BCUT2D eigenvalue weighted by molar-refractivity contribution is 7.92. The van der Waals surface area contributed by atoms with Crippen molar-refractivity contribution in [2.24, 2.45) is 0 Å². The number of H-pyrrole nitrogens is 1. The Labute approximate surface area is 203 Å². The van der Waals surface area contributed by atoms with E-state index in [2.05, 4.69) is 19.8 Å². The van der Waals surface area contributed by atoms with Crippen molar-refractivity contribution in [3.8, 4) is 5.75 Å². The molecule has 4 rings (SSSR count). The maximum absolute atomic E-state index is 12.9. The summed E-state index contributed by atoms with van der Waals surface area (Å²) < 4.78 is 33.3. The molecule has 0 spiro atoms. The van der Waals surface area contributed by atoms with Crippen molar-refractivity contribution in [1.29, 1.82) is 0 Å². The van der Waals surface area contributed by atoms with Crippen LogP contribution in [0.15, 0.2) is 59.6 Å². The molecule has 0 unspecified atom stereocenters. The molecule has 1 amide bonds. The molecule has 0 atom stereocenters. The summed E-state index contributed by atoms with van der Waals surface area (Å²) in [6.07, 6.45) is 0. The molecule has 1 fully saturated rings. The fourth-order valence-electron chi connectivity index (χ4n) is 3.78. The Hall–Kier alpha value is -3.86. The van der Waals surface area contributed by atoms with Gasteiger partial charge in [-0.3, -0.25) is 19.4 Å². The number of carbonyl (C=O) groups is 2. The van der Waals surface area contributed by atoms with Gasteiger partial charge in [-0.25, -0.2) is 0 Å². The molecule has 2 N–H and O–H groups in total. The van der Waals surface area contributed by atoms with E-state index in [4.69, 9.17) is 4.74 Å². The van der Waals surface area contributed by atoms with Gasteiger partial charge in [-0.05, 0) is 62.4 Å². The van der Waals surface area contributed by atoms with Crippen LogP contribution in [0.4, 0.5) is 11.4 Å². The Bertz CT molecular complexity index is 1290. The number of rotatable bonds is 8. The van der Waals surface area contributed by atoms with E-state index in [9.17, 15) is 18.0 Å². The molecule has 0 radical (unpaired) electrons. The number of benzene rings is 2. The Kier molecular flexibility index (Phi) is 7.06. The summed E-state index contributed by atoms with van der Waals surface area (Å²) >= 11 is 0. The van der Waals surface area contributed by atoms with Crippen molar-refractivity contribution in [3.05, 3.63) is 65.9 Å². The molecule has 11 heteroatoms. The number of sulfonamides is 1. The van der Waals surface area contributed by atoms with Gasteiger partial charge in [0.2, 0.25) is 0 Å². The second-order valence-corrected chi connectivity index (χ2v) is 9.71. The van der Waals surface area contributed by atoms with E-state index in [1.807, 2.05) is 19.1 Å². The lowest BCUT2D eigenvalue weighted by molar-refractivity contribution is 0.0740. The van der Waals surface area contributed by atoms with Crippen LogP contribution in [-0.2, 0) is 10.0 Å². The van der Waals surface area contributed by atoms with Crippen LogP contribution in [0, 0.1) is 0 Å². The van der Waals surface area contributed by atoms with Crippen molar-refractivity contribution >= 4 is 33.1 Å². The van der Waals surface area contributed by atoms with Crippen LogP contribution in [-0.4, -0.2) is 68.0 Å². The molecule has 2 heterocycles. The molecule has 0 aliphatic carbocycles. The average Bonchev–Trinajstić information content (AvgIpc) is 3.37. The van der Waals surface area contributed by atoms with Gasteiger partial charge in [0.15, 0.2) is 16.5 Å². The van der Waals surface area contributed by atoms with Gasteiger partial charge < -0.3 is 14.5 Å². The monoisotopic (exact) mass is 497 g/mol. The van der Waals surface area contributed by atoms with Crippen molar-refractivity contribution in [2.45, 2.75) is 18.9 Å². The zero-order valence-corrected chi connectivity index (χ0v) is 20.3. The van der Waals surface area contributed by atoms with E-state index >= 15 is 0 Å². The van der Waals surface area contributed by atoms with Gasteiger partial charge in [0.25, 0.3) is 15.9 Å². The number of nitrogens with one attached hydrogen (secondary N) is 2. The van der Waals surface area contributed by atoms with Crippen molar-refractivity contribution < 1.29 is 22.7 Å². The first kappa shape index (κ1) is 24.3. The van der Waals surface area contributed by atoms with Crippen LogP contribution in [0.25, 0.3) is 0 Å². The predicted octanol–water partition coefficient (Wildman–Crippen LogP) is 2.77. The summed E-state index contributed by atoms with van der Waals surface area (Å²) in [5.74, 6) is 0.315. The highest BCUT2D eigenvalue weighted by Crippen LogP contribution is 2.21. The first-order chi connectivity index (χ1) is 16.8. The van der Waals surface area contributed by atoms with Crippen LogP contribution < -0.4 is 14.4 Å². The molecule has 2 aromatic carbocycles. The molecule has 0 bridgehead atoms. The predicted molar refractivity (Wildman–Crippen MR) is 132 cm³/mol. The third-order valence-corrected chi connectivity index (χ3v) is 6.98. The van der Waals surface area contributed by atoms with Gasteiger partial charge in [-0.2, -0.15) is 13.5 Å². The number of nitrogens with zero attached hydrogens (tertiary/aromatic N) is 3. The van der Waals surface area contributed by atoms with E-state index in [-0.39, 0.29) is 22.4 Å². The third-order valence-electron chi connectivity index (χ3n) is 5.69. The Morgan fingerprint density at radius 2 is 1.69 bits per heavy atom. The van der Waals surface area contributed by atoms with Crippen molar-refractivity contribution in [3.63, 3.8) is 0 Å². The van der Waals surface area contributed by atoms with Gasteiger partial charge >= 0.3 is 0 Å². The molecule has 1 aromatic heterocycles. The largest absolute Gasteiger partial charge is 0.494 e. The Morgan fingerprint density at radius 1 is 1.03 bits per heavy atom. The molecule has 3 aromatic rings. The SMILES string of the molecule is CCOc1ccc(NS(=O)(=O)c2cc(C(=O)N3CCN(c4ccc(C(C)=O)cc4)CC3)n[nH]2)cc1. The lowest BCUT2D eigenvalue weighted by Gasteiger charge is -2.35. The zero-order chi connectivity index (χ0) is 25.0. The van der Waals surface area contributed by atoms with Crippen LogP contribution in [0.2, 0.25) is 0 Å². The number of aromatic nitrogens is 2. The number of aromatic amines is 1. The summed E-state index contributed by atoms with van der Waals surface area (Å²) in [6.45, 7) is 6.06. The first-order valence-electron chi connectivity index (χ1n) is 11.2. The summed E-state index contributed by atoms with van der Waals surface area (Å²) in [5, 5.41) is 6.20. The lowest BCUT2D eigenvalue weighted by atomic mass is 10.1. The van der Waals surface area contributed by atoms with E-state index in [0.29, 0.717) is 49.8 Å². The van der Waals surface area contributed by atoms with Crippen LogP contribution in [0.5, 0.6) is 5.75 Å². The standard InChI is InChI=1S/C24H27N5O5S/c1-3-34-21-10-6-19(7-11-21)27-35(32,33)23-16-22(25-26-23)24(31)29-14-12-28(13-15-29)20-8-4-18(5-9-20)17(2)30/h4-11,16,27H,3,12-15H2,1-2H3,(H,25,26). The average molecular weight is 498 g/mol. The second kappa shape index (κ2) is 10.2. The highest BCUT2D eigenvalue weighted by Gasteiger charge is 2.26. The number of ketones is 1. The Morgan fingerprint density at radius 3 is 2.29 bits per heavy atom. The van der Waals surface area contributed by atoms with Crippen LogP contribution >= 0.6 is 0 Å². The van der Waals surface area contributed by atoms with Crippen LogP contribution in [0.3, 0.4) is 0 Å². The number of Topliss-reactive ketones (excluding diaryl/α,β-unsaturated/α-hetero) is 1. The summed E-state index contributed by atoms with van der Waals surface area (Å²) in [6, 6.07) is 15.2. The molecule has 184 valence electrons. The van der Waals surface area contributed by atoms with Gasteiger partial charge in [-0.1, -0.05) is 0 Å². The number of hydrogen-bond acceptors (Lipinski definition) is 7. The summed E-state index contributed by atoms with van der Waals surface area (Å²) in [7, 11) is -3.95. The Balaban J connectivity index is 1.36. The minimum Gasteiger partial charge on any atom is -0.494 e. The third kappa shape index (κ3) is 5.62. The maximum Gasteiger partial charge on any atom is 0.278 e.